The highest BCUT2D eigenvalue weighted by molar-refractivity contribution is 5.93. The number of anilines is 1. The fraction of sp³-hybridized carbons (Fsp3) is 0.263. The van der Waals surface area contributed by atoms with E-state index in [9.17, 15) is 18.0 Å². The molecule has 2 rings (SSSR count). The van der Waals surface area contributed by atoms with Gasteiger partial charge < -0.3 is 5.32 Å². The van der Waals surface area contributed by atoms with Crippen molar-refractivity contribution in [2.45, 2.75) is 19.6 Å². The molecule has 0 radical (unpaired) electrons. The molecule has 0 bridgehead atoms. The number of carbonyl (C=O) groups is 1. The first-order chi connectivity index (χ1) is 12.3. The fourth-order valence-corrected chi connectivity index (χ4v) is 2.51. The van der Waals surface area contributed by atoms with Crippen molar-refractivity contribution in [3.05, 3.63) is 65.2 Å². The number of para-hydroxylation sites is 1. The van der Waals surface area contributed by atoms with Crippen LogP contribution in [0.3, 0.4) is 0 Å². The topological polar surface area (TPSA) is 56.1 Å². The third kappa shape index (κ3) is 5.33. The second-order valence-electron chi connectivity index (χ2n) is 5.71. The van der Waals surface area contributed by atoms with Gasteiger partial charge in [0.15, 0.2) is 0 Å². The maximum atomic E-state index is 13.0. The van der Waals surface area contributed by atoms with E-state index in [2.05, 4.69) is 5.32 Å². The summed E-state index contributed by atoms with van der Waals surface area (Å²) in [5, 5.41) is 11.3. The van der Waals surface area contributed by atoms with Crippen molar-refractivity contribution in [1.29, 1.82) is 5.26 Å². The van der Waals surface area contributed by atoms with Crippen molar-refractivity contribution >= 4 is 11.6 Å². The molecule has 0 saturated carbocycles. The van der Waals surface area contributed by atoms with Crippen molar-refractivity contribution in [2.24, 2.45) is 0 Å². The van der Waals surface area contributed by atoms with Gasteiger partial charge in [0.25, 0.3) is 0 Å². The predicted molar refractivity (Wildman–Crippen MR) is 92.2 cm³/mol. The number of likely N-dealkylation sites (N-methyl/N-ethyl adjacent to an activating group) is 1. The molecule has 1 N–H and O–H groups in total. The Labute approximate surface area is 149 Å². The van der Waals surface area contributed by atoms with Crippen molar-refractivity contribution in [2.75, 3.05) is 18.4 Å². The lowest BCUT2D eigenvalue weighted by atomic mass is 10.1. The van der Waals surface area contributed by atoms with E-state index in [1.807, 2.05) is 19.1 Å². The van der Waals surface area contributed by atoms with E-state index in [1.54, 1.807) is 23.1 Å². The Morgan fingerprint density at radius 1 is 1.19 bits per heavy atom. The molecule has 0 aromatic heterocycles. The zero-order chi connectivity index (χ0) is 19.2. The Balaban J connectivity index is 2.05. The SMILES string of the molecule is CCN(CC(=O)Nc1ccccc1C(F)(F)F)Cc1cccc(C#N)c1. The largest absolute Gasteiger partial charge is 0.418 e. The molecule has 2 aromatic carbocycles. The minimum Gasteiger partial charge on any atom is -0.324 e. The molecule has 0 atom stereocenters. The molecule has 2 aromatic rings. The molecule has 4 nitrogen and oxygen atoms in total. The first-order valence-corrected chi connectivity index (χ1v) is 8.01. The second-order valence-corrected chi connectivity index (χ2v) is 5.71. The van der Waals surface area contributed by atoms with Crippen LogP contribution in [0.25, 0.3) is 0 Å². The van der Waals surface area contributed by atoms with Gasteiger partial charge in [-0.15, -0.1) is 0 Å². The zero-order valence-electron chi connectivity index (χ0n) is 14.2. The van der Waals surface area contributed by atoms with Gasteiger partial charge in [0.2, 0.25) is 5.91 Å². The summed E-state index contributed by atoms with van der Waals surface area (Å²) >= 11 is 0. The van der Waals surface area contributed by atoms with Crippen molar-refractivity contribution in [3.63, 3.8) is 0 Å². The van der Waals surface area contributed by atoms with E-state index >= 15 is 0 Å². The Hall–Kier alpha value is -2.85. The first kappa shape index (κ1) is 19.5. The van der Waals surface area contributed by atoms with E-state index in [0.717, 1.165) is 11.6 Å². The van der Waals surface area contributed by atoms with Crippen LogP contribution in [0.4, 0.5) is 18.9 Å². The lowest BCUT2D eigenvalue weighted by molar-refractivity contribution is -0.137. The van der Waals surface area contributed by atoms with E-state index in [4.69, 9.17) is 5.26 Å². The summed E-state index contributed by atoms with van der Waals surface area (Å²) in [6.45, 7) is 2.75. The molecule has 0 saturated heterocycles. The molecule has 7 heteroatoms. The summed E-state index contributed by atoms with van der Waals surface area (Å²) in [5.74, 6) is -0.528. The van der Waals surface area contributed by atoms with Crippen molar-refractivity contribution in [3.8, 4) is 6.07 Å². The summed E-state index contributed by atoms with van der Waals surface area (Å²) in [5.41, 5.74) is 0.238. The molecule has 0 aliphatic rings. The van der Waals surface area contributed by atoms with Crippen LogP contribution in [0, 0.1) is 11.3 Å². The van der Waals surface area contributed by atoms with E-state index < -0.39 is 17.6 Å². The molecule has 26 heavy (non-hydrogen) atoms. The number of nitrogens with zero attached hydrogens (tertiary/aromatic N) is 2. The van der Waals surface area contributed by atoms with Gasteiger partial charge in [0.1, 0.15) is 0 Å². The molecule has 1 amide bonds. The number of hydrogen-bond donors (Lipinski definition) is 1. The van der Waals surface area contributed by atoms with Gasteiger partial charge in [-0.25, -0.2) is 0 Å². The van der Waals surface area contributed by atoms with E-state index in [-0.39, 0.29) is 12.2 Å². The summed E-state index contributed by atoms with van der Waals surface area (Å²) in [7, 11) is 0. The highest BCUT2D eigenvalue weighted by Crippen LogP contribution is 2.34. The van der Waals surface area contributed by atoms with Crippen LogP contribution in [0.5, 0.6) is 0 Å². The Bertz CT molecular complexity index is 812. The number of amides is 1. The number of halogens is 3. The normalized spacial score (nSPS) is 11.2. The quantitative estimate of drug-likeness (QED) is 0.845. The fourth-order valence-electron chi connectivity index (χ4n) is 2.51. The Kier molecular flexibility index (Phi) is 6.36. The number of benzene rings is 2. The van der Waals surface area contributed by atoms with E-state index in [1.165, 1.54) is 18.2 Å². The van der Waals surface area contributed by atoms with E-state index in [0.29, 0.717) is 18.7 Å². The minimum absolute atomic E-state index is 0.0561. The number of hydrogen-bond acceptors (Lipinski definition) is 3. The number of nitriles is 1. The highest BCUT2D eigenvalue weighted by atomic mass is 19.4. The first-order valence-electron chi connectivity index (χ1n) is 8.01. The van der Waals surface area contributed by atoms with Gasteiger partial charge in [-0.2, -0.15) is 18.4 Å². The number of nitrogens with one attached hydrogen (secondary N) is 1. The Morgan fingerprint density at radius 3 is 2.58 bits per heavy atom. The summed E-state index contributed by atoms with van der Waals surface area (Å²) < 4.78 is 39.0. The van der Waals surface area contributed by atoms with Crippen LogP contribution < -0.4 is 5.32 Å². The van der Waals surface area contributed by atoms with Crippen LogP contribution in [0.15, 0.2) is 48.5 Å². The third-order valence-electron chi connectivity index (χ3n) is 3.78. The lowest BCUT2D eigenvalue weighted by Crippen LogP contribution is -2.33. The molecule has 0 aliphatic carbocycles. The van der Waals surface area contributed by atoms with Crippen molar-refractivity contribution in [1.82, 2.24) is 4.90 Å². The van der Waals surface area contributed by atoms with Gasteiger partial charge in [0.05, 0.1) is 29.4 Å². The molecule has 0 heterocycles. The molecule has 0 unspecified atom stereocenters. The summed E-state index contributed by atoms with van der Waals surface area (Å²) in [4.78, 5) is 14.0. The number of alkyl halides is 3. The van der Waals surface area contributed by atoms with Crippen LogP contribution in [0.2, 0.25) is 0 Å². The molecular formula is C19H18F3N3O. The molecule has 0 spiro atoms. The van der Waals surface area contributed by atoms with Gasteiger partial charge in [-0.3, -0.25) is 9.69 Å². The molecular weight excluding hydrogens is 343 g/mol. The summed E-state index contributed by atoms with van der Waals surface area (Å²) in [6.07, 6.45) is -4.54. The van der Waals surface area contributed by atoms with Crippen LogP contribution in [0.1, 0.15) is 23.6 Å². The number of rotatable bonds is 6. The molecule has 0 fully saturated rings. The second kappa shape index (κ2) is 8.50. The maximum Gasteiger partial charge on any atom is 0.418 e. The van der Waals surface area contributed by atoms with Crippen molar-refractivity contribution < 1.29 is 18.0 Å². The molecule has 0 aliphatic heterocycles. The lowest BCUT2D eigenvalue weighted by Gasteiger charge is -2.21. The summed E-state index contributed by atoms with van der Waals surface area (Å²) in [6, 6.07) is 13.9. The van der Waals surface area contributed by atoms with Crippen LogP contribution >= 0.6 is 0 Å². The molecule has 136 valence electrons. The highest BCUT2D eigenvalue weighted by Gasteiger charge is 2.33. The Morgan fingerprint density at radius 2 is 1.92 bits per heavy atom. The van der Waals surface area contributed by atoms with Gasteiger partial charge in [0, 0.05) is 6.54 Å². The van der Waals surface area contributed by atoms with Gasteiger partial charge in [-0.1, -0.05) is 31.2 Å². The minimum atomic E-state index is -4.54. The predicted octanol–water partition coefficient (Wildman–Crippen LogP) is 4.04. The third-order valence-corrected chi connectivity index (χ3v) is 3.78. The van der Waals surface area contributed by atoms with Gasteiger partial charge >= 0.3 is 6.18 Å². The maximum absolute atomic E-state index is 13.0. The van der Waals surface area contributed by atoms with Crippen LogP contribution in [-0.4, -0.2) is 23.9 Å². The standard InChI is InChI=1S/C19H18F3N3O/c1-2-25(12-15-7-5-6-14(10-15)11-23)13-18(26)24-17-9-4-3-8-16(17)19(20,21)22/h3-10H,2,12-13H2,1H3,(H,24,26). The average molecular weight is 361 g/mol. The average Bonchev–Trinajstić information content (AvgIpc) is 2.60. The number of carbonyl (C=O) groups excluding carboxylic acids is 1. The monoisotopic (exact) mass is 361 g/mol. The van der Waals surface area contributed by atoms with Gasteiger partial charge in [-0.05, 0) is 36.4 Å². The smallest absolute Gasteiger partial charge is 0.324 e. The van der Waals surface area contributed by atoms with Crippen LogP contribution in [-0.2, 0) is 17.5 Å². The zero-order valence-corrected chi connectivity index (χ0v) is 14.2.